The molecular weight excluding hydrogens is 292 g/mol. The van der Waals surface area contributed by atoms with Gasteiger partial charge in [0.05, 0.1) is 0 Å². The molecule has 0 atom stereocenters. The van der Waals surface area contributed by atoms with Crippen LogP contribution in [0.4, 0.5) is 5.69 Å². The Kier molecular flexibility index (Phi) is 4.47. The molecule has 2 aromatic rings. The molecule has 3 N–H and O–H groups in total. The van der Waals surface area contributed by atoms with Crippen LogP contribution in [0.5, 0.6) is 0 Å². The molecule has 0 radical (unpaired) electrons. The smallest absolute Gasteiger partial charge is 0.250 e. The summed E-state index contributed by atoms with van der Waals surface area (Å²) in [6.07, 6.45) is 0. The Bertz CT molecular complexity index is 673. The molecular formula is C14H18N2O2S2. The van der Waals surface area contributed by atoms with Crippen LogP contribution in [0.2, 0.25) is 0 Å². The Labute approximate surface area is 123 Å². The zero-order valence-corrected chi connectivity index (χ0v) is 13.1. The maximum Gasteiger partial charge on any atom is 0.250 e. The van der Waals surface area contributed by atoms with E-state index in [9.17, 15) is 8.42 Å². The quantitative estimate of drug-likeness (QED) is 0.892. The molecule has 0 spiro atoms. The van der Waals surface area contributed by atoms with E-state index < -0.39 is 10.0 Å². The van der Waals surface area contributed by atoms with Gasteiger partial charge in [0.2, 0.25) is 10.0 Å². The number of hydrogen-bond acceptors (Lipinski definition) is 4. The van der Waals surface area contributed by atoms with Crippen LogP contribution >= 0.6 is 11.3 Å². The van der Waals surface area contributed by atoms with Crippen molar-refractivity contribution in [3.05, 3.63) is 46.8 Å². The number of anilines is 1. The molecule has 1 heterocycles. The molecule has 0 aliphatic rings. The van der Waals surface area contributed by atoms with E-state index >= 15 is 0 Å². The van der Waals surface area contributed by atoms with Gasteiger partial charge in [-0.1, -0.05) is 38.1 Å². The van der Waals surface area contributed by atoms with E-state index in [1.54, 1.807) is 5.38 Å². The van der Waals surface area contributed by atoms with E-state index in [4.69, 9.17) is 5.73 Å². The minimum atomic E-state index is -3.48. The summed E-state index contributed by atoms with van der Waals surface area (Å²) in [5, 5.41) is 1.62. The first-order chi connectivity index (χ1) is 9.38. The highest BCUT2D eigenvalue weighted by Gasteiger charge is 2.15. The highest BCUT2D eigenvalue weighted by Crippen LogP contribution is 2.21. The standard InChI is InChI=1S/C14H18N2O2S2/c1-10(2)12-5-3-11(4-6-12)8-16-20(17,18)14-7-13(15)9-19-14/h3-7,9-10,16H,8,15H2,1-2H3. The normalized spacial score (nSPS) is 11.9. The van der Waals surface area contributed by atoms with Crippen LogP contribution in [-0.2, 0) is 16.6 Å². The first-order valence-electron chi connectivity index (χ1n) is 6.31. The molecule has 0 amide bonds. The SMILES string of the molecule is CC(C)c1ccc(CNS(=O)(=O)c2cc(N)cs2)cc1. The Balaban J connectivity index is 2.04. The third-order valence-electron chi connectivity index (χ3n) is 2.97. The van der Waals surface area contributed by atoms with Crippen molar-refractivity contribution < 1.29 is 8.42 Å². The molecule has 0 unspecified atom stereocenters. The van der Waals surface area contributed by atoms with Gasteiger partial charge in [-0.25, -0.2) is 13.1 Å². The molecule has 1 aromatic carbocycles. The summed E-state index contributed by atoms with van der Waals surface area (Å²) in [4.78, 5) is 0. The third-order valence-corrected chi connectivity index (χ3v) is 5.83. The summed E-state index contributed by atoms with van der Waals surface area (Å²) < 4.78 is 26.9. The van der Waals surface area contributed by atoms with Crippen LogP contribution in [0.3, 0.4) is 0 Å². The van der Waals surface area contributed by atoms with Gasteiger partial charge in [-0.3, -0.25) is 0 Å². The fourth-order valence-electron chi connectivity index (χ4n) is 1.74. The zero-order chi connectivity index (χ0) is 14.8. The summed E-state index contributed by atoms with van der Waals surface area (Å²) >= 11 is 1.12. The average Bonchev–Trinajstić information content (AvgIpc) is 2.84. The molecule has 0 bridgehead atoms. The first-order valence-corrected chi connectivity index (χ1v) is 8.67. The van der Waals surface area contributed by atoms with Crippen molar-refractivity contribution in [2.75, 3.05) is 5.73 Å². The second-order valence-electron chi connectivity index (χ2n) is 4.92. The van der Waals surface area contributed by atoms with Gasteiger partial charge in [-0.15, -0.1) is 11.3 Å². The highest BCUT2D eigenvalue weighted by molar-refractivity contribution is 7.91. The number of nitrogens with one attached hydrogen (secondary N) is 1. The molecule has 0 fully saturated rings. The summed E-state index contributed by atoms with van der Waals surface area (Å²) in [6.45, 7) is 4.52. The Hall–Kier alpha value is -1.37. The minimum Gasteiger partial charge on any atom is -0.398 e. The predicted molar refractivity (Wildman–Crippen MR) is 83.3 cm³/mol. The first kappa shape index (κ1) is 15.0. The van der Waals surface area contributed by atoms with Crippen LogP contribution in [0, 0.1) is 0 Å². The number of sulfonamides is 1. The molecule has 0 saturated heterocycles. The van der Waals surface area contributed by atoms with Crippen LogP contribution < -0.4 is 10.5 Å². The lowest BCUT2D eigenvalue weighted by Gasteiger charge is -2.08. The van der Waals surface area contributed by atoms with Crippen LogP contribution in [0.15, 0.2) is 39.9 Å². The fourth-order valence-corrected chi connectivity index (χ4v) is 3.88. The highest BCUT2D eigenvalue weighted by atomic mass is 32.2. The lowest BCUT2D eigenvalue weighted by molar-refractivity contribution is 0.583. The number of nitrogen functional groups attached to an aromatic ring is 1. The number of benzene rings is 1. The van der Waals surface area contributed by atoms with Gasteiger partial charge in [-0.2, -0.15) is 0 Å². The minimum absolute atomic E-state index is 0.244. The lowest BCUT2D eigenvalue weighted by Crippen LogP contribution is -2.22. The zero-order valence-electron chi connectivity index (χ0n) is 11.5. The van der Waals surface area contributed by atoms with E-state index in [0.29, 0.717) is 11.6 Å². The van der Waals surface area contributed by atoms with Crippen molar-refractivity contribution in [2.45, 2.75) is 30.5 Å². The molecule has 20 heavy (non-hydrogen) atoms. The molecule has 0 aliphatic heterocycles. The third kappa shape index (κ3) is 3.59. The van der Waals surface area contributed by atoms with E-state index in [-0.39, 0.29) is 10.8 Å². The van der Waals surface area contributed by atoms with E-state index in [0.717, 1.165) is 16.9 Å². The number of thiophene rings is 1. The van der Waals surface area contributed by atoms with Crippen molar-refractivity contribution in [3.63, 3.8) is 0 Å². The van der Waals surface area contributed by atoms with Crippen LogP contribution in [-0.4, -0.2) is 8.42 Å². The lowest BCUT2D eigenvalue weighted by atomic mass is 10.0. The van der Waals surface area contributed by atoms with Gasteiger partial charge in [-0.05, 0) is 23.1 Å². The molecule has 4 nitrogen and oxygen atoms in total. The fraction of sp³-hybridized carbons (Fsp3) is 0.286. The maximum atomic E-state index is 12.0. The van der Waals surface area contributed by atoms with Gasteiger partial charge in [0.1, 0.15) is 4.21 Å². The summed E-state index contributed by atoms with van der Waals surface area (Å²) in [6, 6.07) is 9.41. The molecule has 6 heteroatoms. The van der Waals surface area contributed by atoms with Crippen molar-refractivity contribution in [1.29, 1.82) is 0 Å². The van der Waals surface area contributed by atoms with Gasteiger partial charge in [0.15, 0.2) is 0 Å². The number of hydrogen-bond donors (Lipinski definition) is 2. The van der Waals surface area contributed by atoms with Gasteiger partial charge in [0, 0.05) is 17.6 Å². The summed E-state index contributed by atoms with van der Waals surface area (Å²) in [5.74, 6) is 0.467. The molecule has 108 valence electrons. The van der Waals surface area contributed by atoms with E-state index in [1.165, 1.54) is 11.6 Å². The number of nitrogens with two attached hydrogens (primary N) is 1. The van der Waals surface area contributed by atoms with Crippen molar-refractivity contribution in [2.24, 2.45) is 0 Å². The van der Waals surface area contributed by atoms with Gasteiger partial charge < -0.3 is 5.73 Å². The number of rotatable bonds is 5. The van der Waals surface area contributed by atoms with Crippen molar-refractivity contribution >= 4 is 27.0 Å². The molecule has 0 saturated carbocycles. The largest absolute Gasteiger partial charge is 0.398 e. The summed E-state index contributed by atoms with van der Waals surface area (Å²) in [7, 11) is -3.48. The average molecular weight is 310 g/mol. The van der Waals surface area contributed by atoms with Crippen molar-refractivity contribution in [1.82, 2.24) is 4.72 Å². The summed E-state index contributed by atoms with van der Waals surface area (Å²) in [5.41, 5.74) is 8.19. The molecule has 2 rings (SSSR count). The second-order valence-corrected chi connectivity index (χ2v) is 7.82. The van der Waals surface area contributed by atoms with Crippen LogP contribution in [0.25, 0.3) is 0 Å². The van der Waals surface area contributed by atoms with E-state index in [1.807, 2.05) is 24.3 Å². The maximum absolute atomic E-state index is 12.0. The Morgan fingerprint density at radius 1 is 1.25 bits per heavy atom. The van der Waals surface area contributed by atoms with Gasteiger partial charge >= 0.3 is 0 Å². The topological polar surface area (TPSA) is 72.2 Å². The Morgan fingerprint density at radius 3 is 2.40 bits per heavy atom. The monoisotopic (exact) mass is 310 g/mol. The van der Waals surface area contributed by atoms with E-state index in [2.05, 4.69) is 18.6 Å². The molecule has 1 aromatic heterocycles. The second kappa shape index (κ2) is 5.95. The predicted octanol–water partition coefficient (Wildman–Crippen LogP) is 2.93. The van der Waals surface area contributed by atoms with Crippen molar-refractivity contribution in [3.8, 4) is 0 Å². The van der Waals surface area contributed by atoms with Gasteiger partial charge in [0.25, 0.3) is 0 Å². The van der Waals surface area contributed by atoms with Crippen LogP contribution in [0.1, 0.15) is 30.9 Å². The molecule has 0 aliphatic carbocycles. The Morgan fingerprint density at radius 2 is 1.90 bits per heavy atom.